The molecule has 0 bridgehead atoms. The third kappa shape index (κ3) is 4.73. The van der Waals surface area contributed by atoms with Crippen LogP contribution in [-0.4, -0.2) is 35.7 Å². The Hall–Kier alpha value is -2.53. The molecule has 0 spiro atoms. The quantitative estimate of drug-likeness (QED) is 0.883. The van der Waals surface area contributed by atoms with Gasteiger partial charge in [0.25, 0.3) is 0 Å². The summed E-state index contributed by atoms with van der Waals surface area (Å²) < 4.78 is 5.79. The Balaban J connectivity index is 1.53. The summed E-state index contributed by atoms with van der Waals surface area (Å²) >= 11 is 0. The van der Waals surface area contributed by atoms with Crippen molar-refractivity contribution in [3.63, 3.8) is 0 Å². The maximum atomic E-state index is 12.3. The molecule has 1 aliphatic rings. The van der Waals surface area contributed by atoms with Crippen molar-refractivity contribution in [3.8, 4) is 11.5 Å². The van der Waals surface area contributed by atoms with Crippen molar-refractivity contribution in [1.29, 1.82) is 0 Å². The minimum atomic E-state index is -0.0939. The number of carbonyl (C=O) groups excluding carboxylic acids is 1. The van der Waals surface area contributed by atoms with Gasteiger partial charge in [-0.15, -0.1) is 0 Å². The number of urea groups is 1. The molecule has 1 fully saturated rings. The van der Waals surface area contributed by atoms with E-state index in [9.17, 15) is 4.79 Å². The van der Waals surface area contributed by atoms with Crippen LogP contribution in [0.2, 0.25) is 0 Å². The number of hydrogen-bond acceptors (Lipinski definition) is 3. The molecule has 2 aromatic rings. The number of amides is 2. The van der Waals surface area contributed by atoms with Crippen LogP contribution in [0.25, 0.3) is 0 Å². The molecule has 3 rings (SSSR count). The number of nitrogens with one attached hydrogen (secondary N) is 1. The van der Waals surface area contributed by atoms with Gasteiger partial charge in [0.05, 0.1) is 0 Å². The first-order valence-electron chi connectivity index (χ1n) is 8.65. The standard InChI is InChI=1S/C20H24N2O3/c1-15-2-6-18(7-3-15)25-19-8-4-17(5-9-19)21-20(24)22-12-10-16(14-23)11-13-22/h2-9,16,23H,10-14H2,1H3,(H,21,24). The van der Waals surface area contributed by atoms with Gasteiger partial charge in [0.1, 0.15) is 11.5 Å². The molecule has 5 heteroatoms. The lowest BCUT2D eigenvalue weighted by Crippen LogP contribution is -2.41. The van der Waals surface area contributed by atoms with Gasteiger partial charge in [0.2, 0.25) is 0 Å². The summed E-state index contributed by atoms with van der Waals surface area (Å²) in [5.74, 6) is 1.84. The van der Waals surface area contributed by atoms with Crippen LogP contribution < -0.4 is 10.1 Å². The van der Waals surface area contributed by atoms with E-state index in [4.69, 9.17) is 9.84 Å². The lowest BCUT2D eigenvalue weighted by atomic mass is 9.98. The molecule has 1 saturated heterocycles. The van der Waals surface area contributed by atoms with Crippen LogP contribution in [0, 0.1) is 12.8 Å². The van der Waals surface area contributed by atoms with Gasteiger partial charge in [0, 0.05) is 25.4 Å². The van der Waals surface area contributed by atoms with Crippen molar-refractivity contribution in [1.82, 2.24) is 4.90 Å². The highest BCUT2D eigenvalue weighted by atomic mass is 16.5. The highest BCUT2D eigenvalue weighted by molar-refractivity contribution is 5.89. The Morgan fingerprint density at radius 1 is 1.08 bits per heavy atom. The normalized spacial score (nSPS) is 15.0. The Morgan fingerprint density at radius 2 is 1.64 bits per heavy atom. The Kier molecular flexibility index (Phi) is 5.56. The topological polar surface area (TPSA) is 61.8 Å². The number of aryl methyl sites for hydroxylation is 1. The summed E-state index contributed by atoms with van der Waals surface area (Å²) in [7, 11) is 0. The first-order valence-corrected chi connectivity index (χ1v) is 8.65. The molecule has 1 aliphatic heterocycles. The molecule has 0 unspecified atom stereocenters. The second kappa shape index (κ2) is 8.03. The summed E-state index contributed by atoms with van der Waals surface area (Å²) in [6.45, 7) is 3.61. The van der Waals surface area contributed by atoms with E-state index in [2.05, 4.69) is 5.32 Å². The van der Waals surface area contributed by atoms with Crippen LogP contribution in [0.4, 0.5) is 10.5 Å². The maximum Gasteiger partial charge on any atom is 0.321 e. The molecule has 25 heavy (non-hydrogen) atoms. The second-order valence-corrected chi connectivity index (χ2v) is 6.48. The minimum Gasteiger partial charge on any atom is -0.457 e. The zero-order valence-corrected chi connectivity index (χ0v) is 14.4. The zero-order chi connectivity index (χ0) is 17.6. The van der Waals surface area contributed by atoms with Gasteiger partial charge in [-0.1, -0.05) is 17.7 Å². The molecular weight excluding hydrogens is 316 g/mol. The van der Waals surface area contributed by atoms with Gasteiger partial charge < -0.3 is 20.1 Å². The number of hydrogen-bond donors (Lipinski definition) is 2. The minimum absolute atomic E-state index is 0.0939. The van der Waals surface area contributed by atoms with Gasteiger partial charge in [-0.05, 0) is 62.1 Å². The predicted octanol–water partition coefficient (Wildman–Crippen LogP) is 4.02. The predicted molar refractivity (Wildman–Crippen MR) is 98.1 cm³/mol. The van der Waals surface area contributed by atoms with Gasteiger partial charge in [-0.3, -0.25) is 0 Å². The first-order chi connectivity index (χ1) is 12.1. The van der Waals surface area contributed by atoms with E-state index in [1.165, 1.54) is 5.56 Å². The van der Waals surface area contributed by atoms with Crippen molar-refractivity contribution >= 4 is 11.7 Å². The molecule has 0 aromatic heterocycles. The number of carbonyl (C=O) groups is 1. The average Bonchev–Trinajstić information content (AvgIpc) is 2.65. The number of ether oxygens (including phenoxy) is 1. The van der Waals surface area contributed by atoms with E-state index >= 15 is 0 Å². The van der Waals surface area contributed by atoms with Crippen molar-refractivity contribution in [2.24, 2.45) is 5.92 Å². The number of piperidine rings is 1. The second-order valence-electron chi connectivity index (χ2n) is 6.48. The first kappa shape index (κ1) is 17.3. The summed E-state index contributed by atoms with van der Waals surface area (Å²) in [5, 5.41) is 12.1. The summed E-state index contributed by atoms with van der Waals surface area (Å²) in [5.41, 5.74) is 1.93. The van der Waals surface area contributed by atoms with E-state index in [0.29, 0.717) is 19.0 Å². The maximum absolute atomic E-state index is 12.3. The van der Waals surface area contributed by atoms with Gasteiger partial charge in [-0.25, -0.2) is 4.79 Å². The SMILES string of the molecule is Cc1ccc(Oc2ccc(NC(=O)N3CCC(CO)CC3)cc2)cc1. The van der Waals surface area contributed by atoms with Crippen LogP contribution in [0.3, 0.4) is 0 Å². The number of rotatable bonds is 4. The molecule has 5 nitrogen and oxygen atoms in total. The van der Waals surface area contributed by atoms with E-state index < -0.39 is 0 Å². The van der Waals surface area contributed by atoms with Gasteiger partial charge in [0.15, 0.2) is 0 Å². The number of nitrogens with zero attached hydrogens (tertiary/aromatic N) is 1. The molecule has 0 saturated carbocycles. The average molecular weight is 340 g/mol. The van der Waals surface area contributed by atoms with Crippen molar-refractivity contribution in [2.45, 2.75) is 19.8 Å². The van der Waals surface area contributed by atoms with Crippen LogP contribution in [-0.2, 0) is 0 Å². The summed E-state index contributed by atoms with van der Waals surface area (Å²) in [4.78, 5) is 14.1. The number of likely N-dealkylation sites (tertiary alicyclic amines) is 1. The van der Waals surface area contributed by atoms with E-state index in [1.54, 1.807) is 4.90 Å². The fraction of sp³-hybridized carbons (Fsp3) is 0.350. The van der Waals surface area contributed by atoms with Crippen LogP contribution in [0.1, 0.15) is 18.4 Å². The fourth-order valence-corrected chi connectivity index (χ4v) is 2.87. The molecular formula is C20H24N2O3. The number of aliphatic hydroxyl groups is 1. The highest BCUT2D eigenvalue weighted by Gasteiger charge is 2.22. The molecule has 0 radical (unpaired) electrons. The summed E-state index contributed by atoms with van der Waals surface area (Å²) in [6.07, 6.45) is 1.71. The number of benzene rings is 2. The third-order valence-electron chi connectivity index (χ3n) is 4.52. The molecule has 0 atom stereocenters. The Labute approximate surface area is 148 Å². The Bertz CT molecular complexity index is 690. The molecule has 2 amide bonds. The lowest BCUT2D eigenvalue weighted by Gasteiger charge is -2.31. The van der Waals surface area contributed by atoms with Gasteiger partial charge >= 0.3 is 6.03 Å². The molecule has 2 N–H and O–H groups in total. The molecule has 2 aromatic carbocycles. The van der Waals surface area contributed by atoms with Crippen molar-refractivity contribution in [2.75, 3.05) is 25.0 Å². The Morgan fingerprint density at radius 3 is 2.20 bits per heavy atom. The largest absolute Gasteiger partial charge is 0.457 e. The van der Waals surface area contributed by atoms with E-state index in [1.807, 2.05) is 55.5 Å². The van der Waals surface area contributed by atoms with Crippen LogP contribution >= 0.6 is 0 Å². The fourth-order valence-electron chi connectivity index (χ4n) is 2.87. The van der Waals surface area contributed by atoms with Crippen LogP contribution in [0.5, 0.6) is 11.5 Å². The van der Waals surface area contributed by atoms with Crippen LogP contribution in [0.15, 0.2) is 48.5 Å². The molecule has 132 valence electrons. The van der Waals surface area contributed by atoms with E-state index in [0.717, 1.165) is 30.0 Å². The van der Waals surface area contributed by atoms with Crippen molar-refractivity contribution < 1.29 is 14.6 Å². The van der Waals surface area contributed by atoms with E-state index in [-0.39, 0.29) is 12.6 Å². The highest BCUT2D eigenvalue weighted by Crippen LogP contribution is 2.24. The lowest BCUT2D eigenvalue weighted by molar-refractivity contribution is 0.143. The molecule has 0 aliphatic carbocycles. The zero-order valence-electron chi connectivity index (χ0n) is 14.4. The number of anilines is 1. The van der Waals surface area contributed by atoms with Crippen molar-refractivity contribution in [3.05, 3.63) is 54.1 Å². The summed E-state index contributed by atoms with van der Waals surface area (Å²) in [6, 6.07) is 15.1. The number of aliphatic hydroxyl groups excluding tert-OH is 1. The smallest absolute Gasteiger partial charge is 0.321 e. The third-order valence-corrected chi connectivity index (χ3v) is 4.52. The van der Waals surface area contributed by atoms with Gasteiger partial charge in [-0.2, -0.15) is 0 Å². The molecule has 1 heterocycles. The monoisotopic (exact) mass is 340 g/mol.